The summed E-state index contributed by atoms with van der Waals surface area (Å²) in [4.78, 5) is 6.78. The molecule has 0 aliphatic carbocycles. The molecule has 3 rings (SSSR count). The molecular formula is C17H23N3O3S. The lowest BCUT2D eigenvalue weighted by molar-refractivity contribution is 0.0875. The topological polar surface area (TPSA) is 75.4 Å². The van der Waals surface area contributed by atoms with Crippen molar-refractivity contribution < 1.29 is 13.5 Å². The van der Waals surface area contributed by atoms with Crippen LogP contribution in [-0.4, -0.2) is 42.4 Å². The van der Waals surface area contributed by atoms with Crippen molar-refractivity contribution in [3.8, 4) is 0 Å². The molecule has 1 aromatic heterocycles. The van der Waals surface area contributed by atoms with Crippen LogP contribution in [0.15, 0.2) is 41.6 Å². The molecule has 1 aromatic carbocycles. The number of nitrogens with zero attached hydrogens (tertiary/aromatic N) is 3. The maximum Gasteiger partial charge on any atom is 0.175 e. The molecule has 1 aliphatic heterocycles. The van der Waals surface area contributed by atoms with Crippen LogP contribution in [0.5, 0.6) is 0 Å². The Morgan fingerprint density at radius 2 is 2.00 bits per heavy atom. The number of sulfone groups is 1. The monoisotopic (exact) mass is 349 g/mol. The van der Waals surface area contributed by atoms with E-state index in [1.165, 1.54) is 6.26 Å². The Labute approximate surface area is 142 Å². The fourth-order valence-electron chi connectivity index (χ4n) is 3.28. The van der Waals surface area contributed by atoms with Crippen LogP contribution in [0.1, 0.15) is 24.8 Å². The molecule has 1 N–H and O–H groups in total. The summed E-state index contributed by atoms with van der Waals surface area (Å²) < 4.78 is 25.0. The van der Waals surface area contributed by atoms with Crippen LogP contribution in [-0.2, 0) is 16.9 Å². The third-order valence-electron chi connectivity index (χ3n) is 4.66. The van der Waals surface area contributed by atoms with Gasteiger partial charge in [0.2, 0.25) is 0 Å². The molecule has 0 saturated carbocycles. The first-order valence-corrected chi connectivity index (χ1v) is 9.96. The smallest absolute Gasteiger partial charge is 0.175 e. The fourth-order valence-corrected chi connectivity index (χ4v) is 3.91. The molecule has 7 heteroatoms. The maximum absolute atomic E-state index is 11.6. The van der Waals surface area contributed by atoms with Gasteiger partial charge in [-0.25, -0.2) is 13.4 Å². The molecule has 2 unspecified atom stereocenters. The lowest BCUT2D eigenvalue weighted by Crippen LogP contribution is -2.38. The minimum Gasteiger partial charge on any atom is -0.385 e. The molecular weight excluding hydrogens is 326 g/mol. The zero-order chi connectivity index (χ0) is 17.3. The number of aliphatic hydroxyl groups excluding tert-OH is 1. The molecule has 1 aliphatic rings. The summed E-state index contributed by atoms with van der Waals surface area (Å²) in [5.74, 6) is 0.795. The first-order chi connectivity index (χ1) is 11.4. The van der Waals surface area contributed by atoms with Gasteiger partial charge >= 0.3 is 0 Å². The number of hydrogen-bond acceptors (Lipinski definition) is 5. The zero-order valence-electron chi connectivity index (χ0n) is 14.0. The van der Waals surface area contributed by atoms with Gasteiger partial charge in [-0.2, -0.15) is 0 Å². The Balaban J connectivity index is 1.75. The van der Waals surface area contributed by atoms with Crippen LogP contribution < -0.4 is 4.90 Å². The van der Waals surface area contributed by atoms with Gasteiger partial charge in [0.25, 0.3) is 0 Å². The van der Waals surface area contributed by atoms with Crippen LogP contribution >= 0.6 is 0 Å². The highest BCUT2D eigenvalue weighted by atomic mass is 32.2. The van der Waals surface area contributed by atoms with E-state index in [0.717, 1.165) is 31.6 Å². The van der Waals surface area contributed by atoms with Gasteiger partial charge in [0, 0.05) is 50.4 Å². The first kappa shape index (κ1) is 17.0. The largest absolute Gasteiger partial charge is 0.385 e. The van der Waals surface area contributed by atoms with E-state index in [2.05, 4.69) is 9.88 Å². The predicted molar refractivity (Wildman–Crippen MR) is 92.7 cm³/mol. The van der Waals surface area contributed by atoms with Crippen molar-refractivity contribution in [2.75, 3.05) is 24.2 Å². The standard InChI is InChI=1S/C17H23N3O3S/c1-19-11-9-18-17(19)16(21)13-4-3-10-20(12-13)14-5-7-15(8-6-14)24(2,22)23/h5-9,11,13,16,21H,3-4,10,12H2,1-2H3. The van der Waals surface area contributed by atoms with Crippen molar-refractivity contribution in [1.29, 1.82) is 0 Å². The number of aromatic nitrogens is 2. The van der Waals surface area contributed by atoms with Gasteiger partial charge in [-0.3, -0.25) is 0 Å². The normalized spacial score (nSPS) is 20.1. The number of imidazole rings is 1. The highest BCUT2D eigenvalue weighted by molar-refractivity contribution is 7.90. The fraction of sp³-hybridized carbons (Fsp3) is 0.471. The Morgan fingerprint density at radius 3 is 2.58 bits per heavy atom. The molecule has 2 atom stereocenters. The minimum atomic E-state index is -3.18. The summed E-state index contributed by atoms with van der Waals surface area (Å²) in [6.45, 7) is 1.63. The number of aliphatic hydroxyl groups is 1. The molecule has 2 heterocycles. The van der Waals surface area contributed by atoms with E-state index in [-0.39, 0.29) is 5.92 Å². The SMILES string of the molecule is Cn1ccnc1C(O)C1CCCN(c2ccc(S(C)(=O)=O)cc2)C1. The molecule has 24 heavy (non-hydrogen) atoms. The van der Waals surface area contributed by atoms with Crippen LogP contribution in [0.2, 0.25) is 0 Å². The summed E-state index contributed by atoms with van der Waals surface area (Å²) in [6.07, 6.45) is 6.09. The van der Waals surface area contributed by atoms with Crippen molar-refractivity contribution in [3.05, 3.63) is 42.5 Å². The first-order valence-electron chi connectivity index (χ1n) is 8.06. The van der Waals surface area contributed by atoms with Crippen molar-refractivity contribution in [2.45, 2.75) is 23.8 Å². The van der Waals surface area contributed by atoms with E-state index in [4.69, 9.17) is 0 Å². The molecule has 0 spiro atoms. The predicted octanol–water partition coefficient (Wildman–Crippen LogP) is 1.77. The molecule has 6 nitrogen and oxygen atoms in total. The van der Waals surface area contributed by atoms with Gasteiger partial charge in [-0.1, -0.05) is 0 Å². The van der Waals surface area contributed by atoms with E-state index >= 15 is 0 Å². The second-order valence-electron chi connectivity index (χ2n) is 6.46. The molecule has 0 radical (unpaired) electrons. The lowest BCUT2D eigenvalue weighted by Gasteiger charge is -2.36. The second-order valence-corrected chi connectivity index (χ2v) is 8.47. The Bertz CT molecular complexity index is 799. The van der Waals surface area contributed by atoms with Gasteiger partial charge in [0.1, 0.15) is 11.9 Å². The summed E-state index contributed by atoms with van der Waals surface area (Å²) in [6, 6.07) is 6.96. The maximum atomic E-state index is 11.6. The molecule has 0 bridgehead atoms. The highest BCUT2D eigenvalue weighted by Crippen LogP contribution is 2.31. The number of aryl methyl sites for hydroxylation is 1. The second kappa shape index (κ2) is 6.57. The average Bonchev–Trinajstić information content (AvgIpc) is 3.00. The summed E-state index contributed by atoms with van der Waals surface area (Å²) in [7, 11) is -1.29. The van der Waals surface area contributed by atoms with Crippen LogP contribution in [0.25, 0.3) is 0 Å². The number of anilines is 1. The van der Waals surface area contributed by atoms with Gasteiger partial charge in [0.15, 0.2) is 9.84 Å². The molecule has 2 aromatic rings. The Kier molecular flexibility index (Phi) is 4.64. The number of benzene rings is 1. The number of rotatable bonds is 4. The number of hydrogen-bond donors (Lipinski definition) is 1. The van der Waals surface area contributed by atoms with E-state index in [1.54, 1.807) is 18.3 Å². The van der Waals surface area contributed by atoms with Crippen molar-refractivity contribution >= 4 is 15.5 Å². The molecule has 1 saturated heterocycles. The average molecular weight is 349 g/mol. The van der Waals surface area contributed by atoms with Gasteiger partial charge < -0.3 is 14.6 Å². The minimum absolute atomic E-state index is 0.106. The molecule has 130 valence electrons. The number of piperidine rings is 1. The van der Waals surface area contributed by atoms with E-state index in [1.807, 2.05) is 29.9 Å². The quantitative estimate of drug-likeness (QED) is 0.910. The summed E-state index contributed by atoms with van der Waals surface area (Å²) in [5, 5.41) is 10.6. The van der Waals surface area contributed by atoms with Crippen molar-refractivity contribution in [2.24, 2.45) is 13.0 Å². The third-order valence-corrected chi connectivity index (χ3v) is 5.79. The lowest BCUT2D eigenvalue weighted by atomic mass is 9.91. The molecule has 0 amide bonds. The van der Waals surface area contributed by atoms with Gasteiger partial charge in [0.05, 0.1) is 4.90 Å². The van der Waals surface area contributed by atoms with Gasteiger partial charge in [-0.15, -0.1) is 0 Å². The van der Waals surface area contributed by atoms with E-state index in [9.17, 15) is 13.5 Å². The van der Waals surface area contributed by atoms with Crippen molar-refractivity contribution in [1.82, 2.24) is 9.55 Å². The zero-order valence-corrected chi connectivity index (χ0v) is 14.8. The molecule has 1 fully saturated rings. The van der Waals surface area contributed by atoms with Gasteiger partial charge in [-0.05, 0) is 37.1 Å². The van der Waals surface area contributed by atoms with E-state index in [0.29, 0.717) is 10.7 Å². The van der Waals surface area contributed by atoms with Crippen molar-refractivity contribution in [3.63, 3.8) is 0 Å². The van der Waals surface area contributed by atoms with Crippen LogP contribution in [0.4, 0.5) is 5.69 Å². The Morgan fingerprint density at radius 1 is 1.29 bits per heavy atom. The van der Waals surface area contributed by atoms with Crippen LogP contribution in [0, 0.1) is 5.92 Å². The van der Waals surface area contributed by atoms with E-state index < -0.39 is 15.9 Å². The summed E-state index contributed by atoms with van der Waals surface area (Å²) in [5.41, 5.74) is 0.985. The highest BCUT2D eigenvalue weighted by Gasteiger charge is 2.29. The summed E-state index contributed by atoms with van der Waals surface area (Å²) >= 11 is 0. The van der Waals surface area contributed by atoms with Crippen LogP contribution in [0.3, 0.4) is 0 Å². The Hall–Kier alpha value is -1.86. The third kappa shape index (κ3) is 3.47.